The highest BCUT2D eigenvalue weighted by Crippen LogP contribution is 1.84. The first kappa shape index (κ1) is 11.9. The molecule has 0 saturated carbocycles. The highest BCUT2D eigenvalue weighted by Gasteiger charge is 2.01. The van der Waals surface area contributed by atoms with Gasteiger partial charge in [-0.2, -0.15) is 0 Å². The average molecular weight is 187 g/mol. The first-order chi connectivity index (χ1) is 6.04. The summed E-state index contributed by atoms with van der Waals surface area (Å²) in [6.45, 7) is 0.953. The van der Waals surface area contributed by atoms with E-state index in [2.05, 4.69) is 5.32 Å². The van der Waals surface area contributed by atoms with Crippen molar-refractivity contribution in [1.82, 2.24) is 10.2 Å². The predicted octanol–water partition coefficient (Wildman–Crippen LogP) is -1.07. The van der Waals surface area contributed by atoms with Crippen molar-refractivity contribution < 1.29 is 9.59 Å². The maximum Gasteiger partial charge on any atom is 0.236 e. The quantitative estimate of drug-likeness (QED) is 0.520. The molecule has 2 amide bonds. The zero-order valence-electron chi connectivity index (χ0n) is 8.17. The summed E-state index contributed by atoms with van der Waals surface area (Å²) in [5.74, 6) is -0.278. The lowest BCUT2D eigenvalue weighted by Gasteiger charge is -2.10. The van der Waals surface area contributed by atoms with Gasteiger partial charge in [0.15, 0.2) is 0 Å². The molecule has 0 saturated heterocycles. The van der Waals surface area contributed by atoms with Gasteiger partial charge < -0.3 is 16.0 Å². The Bertz CT molecular complexity index is 180. The molecule has 0 aromatic heterocycles. The van der Waals surface area contributed by atoms with E-state index in [-0.39, 0.29) is 11.8 Å². The van der Waals surface area contributed by atoms with Crippen LogP contribution in [0, 0.1) is 0 Å². The number of likely N-dealkylation sites (N-methyl/N-ethyl adjacent to an activating group) is 1. The van der Waals surface area contributed by atoms with Crippen LogP contribution in [0.2, 0.25) is 0 Å². The van der Waals surface area contributed by atoms with E-state index in [4.69, 9.17) is 5.73 Å². The Morgan fingerprint density at radius 2 is 2.00 bits per heavy atom. The molecule has 76 valence electrons. The van der Waals surface area contributed by atoms with E-state index < -0.39 is 0 Å². The van der Waals surface area contributed by atoms with Crippen molar-refractivity contribution >= 4 is 11.8 Å². The van der Waals surface area contributed by atoms with Crippen LogP contribution in [0.5, 0.6) is 0 Å². The minimum absolute atomic E-state index is 0.0269. The lowest BCUT2D eigenvalue weighted by Crippen LogP contribution is -2.33. The Hall–Kier alpha value is -1.10. The van der Waals surface area contributed by atoms with Crippen molar-refractivity contribution in [2.24, 2.45) is 5.73 Å². The average Bonchev–Trinajstić information content (AvgIpc) is 2.02. The number of carbonyl (C=O) groups is 2. The summed E-state index contributed by atoms with van der Waals surface area (Å²) in [5.41, 5.74) is 4.94. The zero-order chi connectivity index (χ0) is 10.3. The fraction of sp³-hybridized carbons (Fsp3) is 0.750. The molecule has 5 nitrogen and oxygen atoms in total. The van der Waals surface area contributed by atoms with E-state index in [1.807, 2.05) is 0 Å². The van der Waals surface area contributed by atoms with Crippen LogP contribution in [0.15, 0.2) is 0 Å². The highest BCUT2D eigenvalue weighted by molar-refractivity contribution is 5.77. The number of nitrogens with zero attached hydrogens (tertiary/aromatic N) is 1. The summed E-state index contributed by atoms with van der Waals surface area (Å²) in [6, 6.07) is 0. The maximum absolute atomic E-state index is 11.0. The summed E-state index contributed by atoms with van der Waals surface area (Å²) in [7, 11) is 3.40. The van der Waals surface area contributed by atoms with Crippen LogP contribution in [0.3, 0.4) is 0 Å². The van der Waals surface area contributed by atoms with Gasteiger partial charge in [-0.05, 0) is 13.0 Å². The molecule has 0 atom stereocenters. The van der Waals surface area contributed by atoms with E-state index in [0.717, 1.165) is 0 Å². The zero-order valence-corrected chi connectivity index (χ0v) is 8.17. The lowest BCUT2D eigenvalue weighted by atomic mass is 10.3. The van der Waals surface area contributed by atoms with Crippen molar-refractivity contribution in [3.8, 4) is 0 Å². The monoisotopic (exact) mass is 187 g/mol. The van der Waals surface area contributed by atoms with Crippen molar-refractivity contribution in [2.75, 3.05) is 27.2 Å². The Kier molecular flexibility index (Phi) is 5.88. The molecule has 3 N–H and O–H groups in total. The smallest absolute Gasteiger partial charge is 0.236 e. The van der Waals surface area contributed by atoms with Crippen LogP contribution in [-0.4, -0.2) is 43.9 Å². The largest absolute Gasteiger partial charge is 0.370 e. The molecule has 0 aliphatic heterocycles. The molecule has 0 aliphatic rings. The van der Waals surface area contributed by atoms with Crippen molar-refractivity contribution in [3.05, 3.63) is 0 Å². The standard InChI is InChI=1S/C8H17N3O2/c1-11(2)8(13)6-10-5-3-4-7(9)12/h10H,3-6H2,1-2H3,(H2,9,12). The number of nitrogens with two attached hydrogens (primary N) is 1. The van der Waals surface area contributed by atoms with Gasteiger partial charge in [-0.15, -0.1) is 0 Å². The minimum Gasteiger partial charge on any atom is -0.370 e. The van der Waals surface area contributed by atoms with Gasteiger partial charge in [0.1, 0.15) is 0 Å². The normalized spacial score (nSPS) is 9.69. The van der Waals surface area contributed by atoms with E-state index in [1.54, 1.807) is 14.1 Å². The van der Waals surface area contributed by atoms with E-state index in [0.29, 0.717) is 25.9 Å². The van der Waals surface area contributed by atoms with Gasteiger partial charge >= 0.3 is 0 Å². The van der Waals surface area contributed by atoms with Crippen molar-refractivity contribution in [3.63, 3.8) is 0 Å². The number of hydrogen-bond donors (Lipinski definition) is 2. The topological polar surface area (TPSA) is 75.4 Å². The molecule has 0 radical (unpaired) electrons. The van der Waals surface area contributed by atoms with Crippen LogP contribution in [0.4, 0.5) is 0 Å². The first-order valence-electron chi connectivity index (χ1n) is 4.23. The molecule has 0 unspecified atom stereocenters. The number of carbonyl (C=O) groups excluding carboxylic acids is 2. The van der Waals surface area contributed by atoms with Crippen LogP contribution < -0.4 is 11.1 Å². The molecule has 0 heterocycles. The first-order valence-corrected chi connectivity index (χ1v) is 4.23. The molecule has 0 spiro atoms. The molecule has 0 aliphatic carbocycles. The molecule has 5 heteroatoms. The lowest BCUT2D eigenvalue weighted by molar-refractivity contribution is -0.127. The van der Waals surface area contributed by atoms with Gasteiger partial charge in [0, 0.05) is 20.5 Å². The number of amides is 2. The van der Waals surface area contributed by atoms with E-state index in [1.165, 1.54) is 4.90 Å². The van der Waals surface area contributed by atoms with Crippen molar-refractivity contribution in [1.29, 1.82) is 0 Å². The molecule has 0 bridgehead atoms. The summed E-state index contributed by atoms with van der Waals surface area (Å²) >= 11 is 0. The molecular formula is C8H17N3O2. The van der Waals surface area contributed by atoms with E-state index in [9.17, 15) is 9.59 Å². The number of nitrogens with one attached hydrogen (secondary N) is 1. The fourth-order valence-corrected chi connectivity index (χ4v) is 0.741. The SMILES string of the molecule is CN(C)C(=O)CNCCCC(N)=O. The van der Waals surface area contributed by atoms with E-state index >= 15 is 0 Å². The summed E-state index contributed by atoms with van der Waals surface area (Å²) in [6.07, 6.45) is 1.04. The second kappa shape index (κ2) is 6.42. The van der Waals surface area contributed by atoms with Gasteiger partial charge in [-0.25, -0.2) is 0 Å². The minimum atomic E-state index is -0.305. The van der Waals surface area contributed by atoms with Gasteiger partial charge in [-0.3, -0.25) is 9.59 Å². The van der Waals surface area contributed by atoms with Crippen LogP contribution >= 0.6 is 0 Å². The molecule has 0 aromatic rings. The maximum atomic E-state index is 11.0. The third kappa shape index (κ3) is 7.27. The van der Waals surface area contributed by atoms with Crippen LogP contribution in [-0.2, 0) is 9.59 Å². The van der Waals surface area contributed by atoms with Gasteiger partial charge in [0.05, 0.1) is 6.54 Å². The van der Waals surface area contributed by atoms with Gasteiger partial charge in [-0.1, -0.05) is 0 Å². The Balaban J connectivity index is 3.26. The highest BCUT2D eigenvalue weighted by atomic mass is 16.2. The third-order valence-electron chi connectivity index (χ3n) is 1.55. The number of hydrogen-bond acceptors (Lipinski definition) is 3. The fourth-order valence-electron chi connectivity index (χ4n) is 0.741. The molecule has 0 fully saturated rings. The Morgan fingerprint density at radius 1 is 1.38 bits per heavy atom. The second-order valence-corrected chi connectivity index (χ2v) is 3.03. The predicted molar refractivity (Wildman–Crippen MR) is 50.0 cm³/mol. The Labute approximate surface area is 78.3 Å². The van der Waals surface area contributed by atoms with Crippen LogP contribution in [0.1, 0.15) is 12.8 Å². The summed E-state index contributed by atoms with van der Waals surface area (Å²) in [5, 5.41) is 2.92. The van der Waals surface area contributed by atoms with Crippen LogP contribution in [0.25, 0.3) is 0 Å². The Morgan fingerprint density at radius 3 is 2.46 bits per heavy atom. The second-order valence-electron chi connectivity index (χ2n) is 3.03. The molecule has 0 rings (SSSR count). The summed E-state index contributed by atoms with van der Waals surface area (Å²) < 4.78 is 0. The number of primary amides is 1. The summed E-state index contributed by atoms with van der Waals surface area (Å²) in [4.78, 5) is 22.9. The molecular weight excluding hydrogens is 170 g/mol. The number of rotatable bonds is 6. The molecule has 0 aromatic carbocycles. The van der Waals surface area contributed by atoms with Gasteiger partial charge in [0.25, 0.3) is 0 Å². The molecule has 13 heavy (non-hydrogen) atoms. The third-order valence-corrected chi connectivity index (χ3v) is 1.55. The van der Waals surface area contributed by atoms with Crippen molar-refractivity contribution in [2.45, 2.75) is 12.8 Å². The van der Waals surface area contributed by atoms with Gasteiger partial charge in [0.2, 0.25) is 11.8 Å².